The summed E-state index contributed by atoms with van der Waals surface area (Å²) in [5.74, 6) is 1.65. The molecule has 3 aromatic carbocycles. The van der Waals surface area contributed by atoms with Gasteiger partial charge in [0.05, 0.1) is 22.8 Å². The van der Waals surface area contributed by atoms with Crippen molar-refractivity contribution < 1.29 is 9.53 Å². The molecule has 0 unspecified atom stereocenters. The Morgan fingerprint density at radius 1 is 0.951 bits per heavy atom. The normalized spacial score (nSPS) is 11.2. The maximum Gasteiger partial charge on any atom is 0.257 e. The number of hydrogen-bond donors (Lipinski definition) is 3. The van der Waals surface area contributed by atoms with E-state index in [1.165, 1.54) is 6.20 Å². The van der Waals surface area contributed by atoms with Crippen molar-refractivity contribution in [1.29, 1.82) is 0 Å². The number of hydrogen-bond acceptors (Lipinski definition) is 8. The van der Waals surface area contributed by atoms with Crippen LogP contribution in [-0.4, -0.2) is 63.2 Å². The van der Waals surface area contributed by atoms with E-state index >= 15 is 0 Å². The number of rotatable bonds is 9. The number of fused-ring (bicyclic) bond motifs is 2. The monoisotopic (exact) mass is 544 g/mol. The van der Waals surface area contributed by atoms with Crippen LogP contribution >= 0.6 is 0 Å². The highest BCUT2D eigenvalue weighted by Gasteiger charge is 2.14. The number of benzene rings is 3. The van der Waals surface area contributed by atoms with Crippen molar-refractivity contribution >= 4 is 44.9 Å². The number of aromatic amines is 1. The Morgan fingerprint density at radius 2 is 1.88 bits per heavy atom. The molecule has 0 aliphatic rings. The Labute approximate surface area is 236 Å². The van der Waals surface area contributed by atoms with E-state index in [4.69, 9.17) is 14.7 Å². The van der Waals surface area contributed by atoms with Crippen LogP contribution in [0.2, 0.25) is 0 Å². The Balaban J connectivity index is 1.36. The molecule has 1 amide bonds. The Bertz CT molecular complexity index is 1840. The summed E-state index contributed by atoms with van der Waals surface area (Å²) in [7, 11) is 4.02. The summed E-state index contributed by atoms with van der Waals surface area (Å²) >= 11 is 0. The van der Waals surface area contributed by atoms with Crippen molar-refractivity contribution in [2.75, 3.05) is 37.9 Å². The number of ether oxygens (including phenoxy) is 1. The first-order valence-electron chi connectivity index (χ1n) is 13.1. The average molecular weight is 545 g/mol. The molecule has 10 nitrogen and oxygen atoms in total. The van der Waals surface area contributed by atoms with E-state index in [-0.39, 0.29) is 5.91 Å². The largest absolute Gasteiger partial charge is 0.492 e. The molecule has 0 spiro atoms. The smallest absolute Gasteiger partial charge is 0.257 e. The topological polar surface area (TPSA) is 121 Å². The number of pyridine rings is 1. The summed E-state index contributed by atoms with van der Waals surface area (Å²) in [5.41, 5.74) is 4.43. The van der Waals surface area contributed by atoms with Crippen molar-refractivity contribution in [2.24, 2.45) is 0 Å². The van der Waals surface area contributed by atoms with Gasteiger partial charge >= 0.3 is 0 Å². The minimum atomic E-state index is -0.242. The van der Waals surface area contributed by atoms with Gasteiger partial charge in [-0.05, 0) is 74.8 Å². The zero-order valence-electron chi connectivity index (χ0n) is 22.6. The van der Waals surface area contributed by atoms with Gasteiger partial charge in [-0.2, -0.15) is 5.10 Å². The molecule has 0 radical (unpaired) electrons. The molecular weight excluding hydrogens is 516 g/mol. The minimum absolute atomic E-state index is 0.242. The van der Waals surface area contributed by atoms with Gasteiger partial charge in [-0.3, -0.25) is 14.9 Å². The Morgan fingerprint density at radius 3 is 2.73 bits per heavy atom. The van der Waals surface area contributed by atoms with Crippen LogP contribution in [0.15, 0.2) is 91.4 Å². The number of aromatic nitrogens is 5. The van der Waals surface area contributed by atoms with Gasteiger partial charge in [0.2, 0.25) is 0 Å². The van der Waals surface area contributed by atoms with Gasteiger partial charge in [0.1, 0.15) is 18.2 Å². The van der Waals surface area contributed by atoms with Gasteiger partial charge in [0, 0.05) is 46.6 Å². The maximum absolute atomic E-state index is 12.7. The highest BCUT2D eigenvalue weighted by molar-refractivity contribution is 6.04. The molecule has 0 saturated heterocycles. The first-order valence-corrected chi connectivity index (χ1v) is 13.1. The first kappa shape index (κ1) is 25.9. The third-order valence-electron chi connectivity index (χ3n) is 6.48. The number of H-pyrrole nitrogens is 1. The SMILES string of the molecule is CN(C)CCOc1ccc2nc(-c3cccc(NC(=O)c4cccnc4)c3)nc(Nc3ccc4[nH]ncc4c3)c2c1. The molecule has 0 aliphatic heterocycles. The zero-order valence-corrected chi connectivity index (χ0v) is 22.6. The van der Waals surface area contributed by atoms with Gasteiger partial charge < -0.3 is 20.3 Å². The van der Waals surface area contributed by atoms with Crippen LogP contribution in [0.1, 0.15) is 10.4 Å². The van der Waals surface area contributed by atoms with E-state index in [1.54, 1.807) is 24.5 Å². The molecule has 0 atom stereocenters. The predicted molar refractivity (Wildman–Crippen MR) is 161 cm³/mol. The number of carbonyl (C=O) groups excluding carboxylic acids is 1. The summed E-state index contributed by atoms with van der Waals surface area (Å²) in [6.07, 6.45) is 4.95. The summed E-state index contributed by atoms with van der Waals surface area (Å²) in [4.78, 5) is 28.6. The van der Waals surface area contributed by atoms with Crippen LogP contribution in [-0.2, 0) is 0 Å². The van der Waals surface area contributed by atoms with E-state index in [9.17, 15) is 4.79 Å². The first-order chi connectivity index (χ1) is 20.0. The predicted octanol–water partition coefficient (Wildman–Crippen LogP) is 5.50. The zero-order chi connectivity index (χ0) is 28.2. The molecule has 3 heterocycles. The number of nitrogens with zero attached hydrogens (tertiary/aromatic N) is 5. The summed E-state index contributed by atoms with van der Waals surface area (Å²) in [6, 6.07) is 22.7. The lowest BCUT2D eigenvalue weighted by Crippen LogP contribution is -2.19. The highest BCUT2D eigenvalue weighted by Crippen LogP contribution is 2.31. The summed E-state index contributed by atoms with van der Waals surface area (Å²) in [6.45, 7) is 1.37. The molecule has 41 heavy (non-hydrogen) atoms. The fourth-order valence-electron chi connectivity index (χ4n) is 4.36. The molecule has 0 aliphatic carbocycles. The van der Waals surface area contributed by atoms with Crippen molar-refractivity contribution in [1.82, 2.24) is 30.0 Å². The van der Waals surface area contributed by atoms with E-state index in [1.807, 2.05) is 74.8 Å². The Hall–Kier alpha value is -5.35. The van der Waals surface area contributed by atoms with E-state index < -0.39 is 0 Å². The van der Waals surface area contributed by atoms with Crippen molar-refractivity contribution in [3.63, 3.8) is 0 Å². The molecule has 6 aromatic rings. The molecule has 10 heteroatoms. The third-order valence-corrected chi connectivity index (χ3v) is 6.48. The molecule has 6 rings (SSSR count). The number of amides is 1. The van der Waals surface area contributed by atoms with Crippen LogP contribution in [0.3, 0.4) is 0 Å². The second-order valence-electron chi connectivity index (χ2n) is 9.80. The van der Waals surface area contributed by atoms with Crippen molar-refractivity contribution in [3.05, 3.63) is 97.0 Å². The van der Waals surface area contributed by atoms with Crippen molar-refractivity contribution in [3.8, 4) is 17.1 Å². The molecule has 204 valence electrons. The molecule has 0 saturated carbocycles. The molecular formula is C31H28N8O2. The van der Waals surface area contributed by atoms with Crippen LogP contribution in [0, 0.1) is 0 Å². The summed E-state index contributed by atoms with van der Waals surface area (Å²) in [5, 5.41) is 15.3. The number of likely N-dealkylation sites (N-methyl/N-ethyl adjacent to an activating group) is 1. The van der Waals surface area contributed by atoms with E-state index in [0.717, 1.165) is 45.4 Å². The van der Waals surface area contributed by atoms with Gasteiger partial charge in [-0.25, -0.2) is 9.97 Å². The van der Waals surface area contributed by atoms with Crippen LogP contribution in [0.5, 0.6) is 5.75 Å². The fourth-order valence-corrected chi connectivity index (χ4v) is 4.36. The van der Waals surface area contributed by atoms with Crippen molar-refractivity contribution in [2.45, 2.75) is 0 Å². The van der Waals surface area contributed by atoms with E-state index in [0.29, 0.717) is 29.5 Å². The van der Waals surface area contributed by atoms with Gasteiger partial charge in [-0.1, -0.05) is 12.1 Å². The lowest BCUT2D eigenvalue weighted by atomic mass is 10.1. The summed E-state index contributed by atoms with van der Waals surface area (Å²) < 4.78 is 6.00. The molecule has 0 bridgehead atoms. The Kier molecular flexibility index (Phi) is 7.21. The second-order valence-corrected chi connectivity index (χ2v) is 9.80. The lowest BCUT2D eigenvalue weighted by Gasteiger charge is -2.14. The third kappa shape index (κ3) is 5.97. The van der Waals surface area contributed by atoms with E-state index in [2.05, 4.69) is 30.7 Å². The van der Waals surface area contributed by atoms with Gasteiger partial charge in [0.25, 0.3) is 5.91 Å². The van der Waals surface area contributed by atoms with Gasteiger partial charge in [0.15, 0.2) is 5.82 Å². The second kappa shape index (κ2) is 11.4. The highest BCUT2D eigenvalue weighted by atomic mass is 16.5. The average Bonchev–Trinajstić information content (AvgIpc) is 3.46. The minimum Gasteiger partial charge on any atom is -0.492 e. The molecule has 0 fully saturated rings. The van der Waals surface area contributed by atoms with Crippen LogP contribution in [0.4, 0.5) is 17.2 Å². The van der Waals surface area contributed by atoms with Crippen LogP contribution in [0.25, 0.3) is 33.2 Å². The fraction of sp³-hybridized carbons (Fsp3) is 0.129. The lowest BCUT2D eigenvalue weighted by molar-refractivity contribution is 0.102. The maximum atomic E-state index is 12.7. The quantitative estimate of drug-likeness (QED) is 0.218. The van der Waals surface area contributed by atoms with Gasteiger partial charge in [-0.15, -0.1) is 0 Å². The van der Waals surface area contributed by atoms with Crippen LogP contribution < -0.4 is 15.4 Å². The number of anilines is 3. The number of nitrogens with one attached hydrogen (secondary N) is 3. The molecule has 3 N–H and O–H groups in total. The number of carbonyl (C=O) groups is 1. The molecule has 3 aromatic heterocycles. The standard InChI is InChI=1S/C31H28N8O2/c1-39(2)13-14-41-25-9-11-28-26(17-25)30(34-24-8-10-27-22(16-24)19-33-38-27)37-29(36-28)20-5-3-7-23(15-20)35-31(40)21-6-4-12-32-18-21/h3-12,15-19H,13-14H2,1-2H3,(H,33,38)(H,35,40)(H,34,36,37).